The van der Waals surface area contributed by atoms with Crippen molar-refractivity contribution in [2.45, 2.75) is 32.2 Å². The highest BCUT2D eigenvalue weighted by Crippen LogP contribution is 2.17. The van der Waals surface area contributed by atoms with Gasteiger partial charge in [0.2, 0.25) is 0 Å². The summed E-state index contributed by atoms with van der Waals surface area (Å²) in [4.78, 5) is 15.2. The Labute approximate surface area is 172 Å². The van der Waals surface area contributed by atoms with E-state index in [9.17, 15) is 4.79 Å². The number of rotatable bonds is 12. The minimum atomic E-state index is -0.223. The van der Waals surface area contributed by atoms with Crippen LogP contribution < -0.4 is 20.3 Å². The van der Waals surface area contributed by atoms with Crippen LogP contribution in [-0.4, -0.2) is 62.9 Å². The molecule has 2 amide bonds. The highest BCUT2D eigenvalue weighted by Gasteiger charge is 2.10. The van der Waals surface area contributed by atoms with Gasteiger partial charge in [-0.1, -0.05) is 18.6 Å². The average molecular weight is 412 g/mol. The first-order valence-electron chi connectivity index (χ1n) is 9.81. The standard InChI is InChI=1S/C19H33N5O3S/c1-23(2)19(25)22-20-16-27-28-21-10-7-13-26-18-9-6-8-17(14-18)15-24-11-4-3-5-12-24/h6,8-9,14,20-21H,3-5,7,10-13,15-16H2,1-2H3,(H,22,25). The van der Waals surface area contributed by atoms with Gasteiger partial charge in [-0.25, -0.2) is 14.9 Å². The highest BCUT2D eigenvalue weighted by atomic mass is 32.2. The van der Waals surface area contributed by atoms with Gasteiger partial charge in [-0.05, 0) is 50.0 Å². The van der Waals surface area contributed by atoms with Gasteiger partial charge in [-0.3, -0.25) is 14.5 Å². The van der Waals surface area contributed by atoms with Gasteiger partial charge in [0, 0.05) is 27.2 Å². The molecule has 0 unspecified atom stereocenters. The quantitative estimate of drug-likeness (QED) is 0.160. The molecule has 0 spiro atoms. The molecule has 0 saturated carbocycles. The third-order valence-electron chi connectivity index (χ3n) is 4.30. The van der Waals surface area contributed by atoms with Gasteiger partial charge in [-0.15, -0.1) is 0 Å². The molecule has 8 nitrogen and oxygen atoms in total. The molecule has 1 aliphatic heterocycles. The zero-order valence-corrected chi connectivity index (χ0v) is 17.7. The summed E-state index contributed by atoms with van der Waals surface area (Å²) < 4.78 is 14.2. The van der Waals surface area contributed by atoms with Crippen LogP contribution >= 0.6 is 12.2 Å². The second kappa shape index (κ2) is 13.6. The van der Waals surface area contributed by atoms with Crippen molar-refractivity contribution in [3.8, 4) is 5.75 Å². The predicted octanol–water partition coefficient (Wildman–Crippen LogP) is 2.34. The SMILES string of the molecule is CN(C)C(=O)NNCOSNCCCOc1cccc(CN2CCCCC2)c1. The summed E-state index contributed by atoms with van der Waals surface area (Å²) in [6.07, 6.45) is 4.86. The maximum Gasteiger partial charge on any atom is 0.331 e. The van der Waals surface area contributed by atoms with E-state index in [2.05, 4.69) is 38.7 Å². The van der Waals surface area contributed by atoms with Crippen LogP contribution in [0, 0.1) is 0 Å². The molecule has 158 valence electrons. The van der Waals surface area contributed by atoms with Gasteiger partial charge in [0.25, 0.3) is 0 Å². The fourth-order valence-corrected chi connectivity index (χ4v) is 3.24. The van der Waals surface area contributed by atoms with Gasteiger partial charge in [0.1, 0.15) is 12.5 Å². The summed E-state index contributed by atoms with van der Waals surface area (Å²) in [5.41, 5.74) is 6.48. The molecule has 1 aromatic carbocycles. The van der Waals surface area contributed by atoms with Crippen molar-refractivity contribution in [2.24, 2.45) is 0 Å². The van der Waals surface area contributed by atoms with Crippen LogP contribution in [-0.2, 0) is 10.7 Å². The second-order valence-corrected chi connectivity index (χ2v) is 7.62. The Morgan fingerprint density at radius 1 is 1.25 bits per heavy atom. The number of benzene rings is 1. The number of ether oxygens (including phenoxy) is 1. The lowest BCUT2D eigenvalue weighted by atomic mass is 10.1. The molecule has 3 N–H and O–H groups in total. The van der Waals surface area contributed by atoms with Crippen molar-refractivity contribution < 1.29 is 13.7 Å². The Hall–Kier alpha value is -1.52. The van der Waals surface area contributed by atoms with Crippen molar-refractivity contribution in [3.05, 3.63) is 29.8 Å². The van der Waals surface area contributed by atoms with E-state index in [1.807, 2.05) is 6.07 Å². The van der Waals surface area contributed by atoms with Gasteiger partial charge in [0.05, 0.1) is 18.8 Å². The zero-order chi connectivity index (χ0) is 20.0. The number of hydrogen-bond acceptors (Lipinski definition) is 7. The maximum absolute atomic E-state index is 11.2. The Morgan fingerprint density at radius 3 is 2.86 bits per heavy atom. The molecule has 0 aliphatic carbocycles. The van der Waals surface area contributed by atoms with Crippen molar-refractivity contribution >= 4 is 18.3 Å². The summed E-state index contributed by atoms with van der Waals surface area (Å²) in [5.74, 6) is 0.930. The minimum absolute atomic E-state index is 0.206. The lowest BCUT2D eigenvalue weighted by Crippen LogP contribution is -2.44. The number of carbonyl (C=O) groups is 1. The van der Waals surface area contributed by atoms with Crippen LogP contribution in [0.4, 0.5) is 4.79 Å². The van der Waals surface area contributed by atoms with E-state index in [-0.39, 0.29) is 12.8 Å². The van der Waals surface area contributed by atoms with Crippen LogP contribution in [0.5, 0.6) is 5.75 Å². The van der Waals surface area contributed by atoms with Gasteiger partial charge >= 0.3 is 6.03 Å². The molecule has 28 heavy (non-hydrogen) atoms. The van der Waals surface area contributed by atoms with Gasteiger partial charge in [0.15, 0.2) is 0 Å². The summed E-state index contributed by atoms with van der Waals surface area (Å²) in [6, 6.07) is 8.18. The zero-order valence-electron chi connectivity index (χ0n) is 16.9. The van der Waals surface area contributed by atoms with Crippen molar-refractivity contribution in [1.82, 2.24) is 25.4 Å². The Bertz CT molecular complexity index is 570. The number of nitrogens with zero attached hydrogens (tertiary/aromatic N) is 2. The lowest BCUT2D eigenvalue weighted by Gasteiger charge is -2.26. The number of likely N-dealkylation sites (tertiary alicyclic amines) is 1. The molecule has 2 rings (SSSR count). The van der Waals surface area contributed by atoms with Gasteiger partial charge in [-0.2, -0.15) is 0 Å². The van der Waals surface area contributed by atoms with Crippen LogP contribution in [0.25, 0.3) is 0 Å². The molecule has 1 aromatic rings. The first-order chi connectivity index (χ1) is 13.6. The largest absolute Gasteiger partial charge is 0.494 e. The van der Waals surface area contributed by atoms with E-state index in [4.69, 9.17) is 8.92 Å². The Balaban J connectivity index is 1.48. The molecule has 0 atom stereocenters. The van der Waals surface area contributed by atoms with Crippen LogP contribution in [0.2, 0.25) is 0 Å². The fraction of sp³-hybridized carbons (Fsp3) is 0.632. The molecular weight excluding hydrogens is 378 g/mol. The lowest BCUT2D eigenvalue weighted by molar-refractivity contribution is 0.204. The molecule has 0 radical (unpaired) electrons. The third-order valence-corrected chi connectivity index (χ3v) is 4.85. The summed E-state index contributed by atoms with van der Waals surface area (Å²) in [6.45, 7) is 5.04. The molecule has 9 heteroatoms. The number of carbonyl (C=O) groups excluding carboxylic acids is 1. The third kappa shape index (κ3) is 9.61. The summed E-state index contributed by atoms with van der Waals surface area (Å²) >= 11 is 1.14. The number of hydrogen-bond donors (Lipinski definition) is 3. The van der Waals surface area contributed by atoms with Crippen molar-refractivity contribution in [3.63, 3.8) is 0 Å². The van der Waals surface area contributed by atoms with Crippen LogP contribution in [0.3, 0.4) is 0 Å². The number of piperidine rings is 1. The normalized spacial score (nSPS) is 14.6. The van der Waals surface area contributed by atoms with Crippen molar-refractivity contribution in [1.29, 1.82) is 0 Å². The fourth-order valence-electron chi connectivity index (χ4n) is 2.81. The smallest absolute Gasteiger partial charge is 0.331 e. The molecule has 0 bridgehead atoms. The van der Waals surface area contributed by atoms with Crippen molar-refractivity contribution in [2.75, 3.05) is 47.1 Å². The monoisotopic (exact) mass is 411 g/mol. The minimum Gasteiger partial charge on any atom is -0.494 e. The molecule has 0 aromatic heterocycles. The second-order valence-electron chi connectivity index (χ2n) is 6.93. The number of amides is 2. The highest BCUT2D eigenvalue weighted by molar-refractivity contribution is 7.92. The number of nitrogens with one attached hydrogen (secondary N) is 3. The Morgan fingerprint density at radius 2 is 2.07 bits per heavy atom. The van der Waals surface area contributed by atoms with E-state index >= 15 is 0 Å². The molecular formula is C19H33N5O3S. The molecule has 1 saturated heterocycles. The van der Waals surface area contributed by atoms with Gasteiger partial charge < -0.3 is 9.64 Å². The number of hydrazine groups is 1. The summed E-state index contributed by atoms with van der Waals surface area (Å²) in [5, 5.41) is 0. The van der Waals surface area contributed by atoms with E-state index in [0.29, 0.717) is 6.61 Å². The topological polar surface area (TPSA) is 78.1 Å². The number of urea groups is 1. The molecule has 1 fully saturated rings. The Kier molecular flexibility index (Phi) is 11.1. The molecule has 1 heterocycles. The first kappa shape index (κ1) is 22.8. The van der Waals surface area contributed by atoms with E-state index in [1.165, 1.54) is 42.8 Å². The maximum atomic E-state index is 11.2. The average Bonchev–Trinajstić information content (AvgIpc) is 2.70. The van der Waals surface area contributed by atoms with Crippen LogP contribution in [0.1, 0.15) is 31.2 Å². The molecule has 1 aliphatic rings. The summed E-state index contributed by atoms with van der Waals surface area (Å²) in [7, 11) is 3.34. The van der Waals surface area contributed by atoms with E-state index in [1.54, 1.807) is 14.1 Å². The van der Waals surface area contributed by atoms with E-state index < -0.39 is 0 Å². The first-order valence-corrected chi connectivity index (χ1v) is 10.5. The van der Waals surface area contributed by atoms with Crippen LogP contribution in [0.15, 0.2) is 24.3 Å². The van der Waals surface area contributed by atoms with E-state index in [0.717, 1.165) is 37.5 Å². The predicted molar refractivity (Wildman–Crippen MR) is 113 cm³/mol.